The maximum atomic E-state index is 12.1. The number of carbonyl (C=O) groups is 2. The molecule has 5 nitrogen and oxygen atoms in total. The molecule has 2 amide bonds. The molecule has 5 heteroatoms. The highest BCUT2D eigenvalue weighted by Gasteiger charge is 2.32. The summed E-state index contributed by atoms with van der Waals surface area (Å²) in [6, 6.07) is 10.0. The summed E-state index contributed by atoms with van der Waals surface area (Å²) in [6.07, 6.45) is 6.47. The van der Waals surface area contributed by atoms with Crippen LogP contribution in [0.15, 0.2) is 36.4 Å². The van der Waals surface area contributed by atoms with Crippen LogP contribution in [-0.4, -0.2) is 48.4 Å². The third-order valence-corrected chi connectivity index (χ3v) is 4.21. The molecule has 0 radical (unpaired) electrons. The van der Waals surface area contributed by atoms with Gasteiger partial charge in [0, 0.05) is 25.7 Å². The van der Waals surface area contributed by atoms with Gasteiger partial charge in [0.05, 0.1) is 12.5 Å². The van der Waals surface area contributed by atoms with Crippen molar-refractivity contribution in [3.8, 4) is 0 Å². The van der Waals surface area contributed by atoms with E-state index in [9.17, 15) is 9.59 Å². The molecule has 0 spiro atoms. The number of piperazine rings is 1. The van der Waals surface area contributed by atoms with Crippen molar-refractivity contribution in [3.05, 3.63) is 42.0 Å². The standard InChI is InChI=1S/C18H23N3O2/c22-17(20-15-8-9-15)13-16-18(23)19-10-12-21(16)11-4-7-14-5-2-1-3-6-14/h1-7,15-16H,8-13H2,(H,19,23)(H,20,22)/b7-4+. The molecule has 2 fully saturated rings. The Balaban J connectivity index is 1.57. The normalized spacial score (nSPS) is 22.1. The van der Waals surface area contributed by atoms with Crippen LogP contribution in [0.2, 0.25) is 0 Å². The van der Waals surface area contributed by atoms with E-state index in [2.05, 4.69) is 21.6 Å². The van der Waals surface area contributed by atoms with Crippen molar-refractivity contribution in [2.75, 3.05) is 19.6 Å². The van der Waals surface area contributed by atoms with Gasteiger partial charge < -0.3 is 10.6 Å². The second-order valence-electron chi connectivity index (χ2n) is 6.16. The summed E-state index contributed by atoms with van der Waals surface area (Å²) in [4.78, 5) is 26.2. The molecule has 1 saturated carbocycles. The number of nitrogens with zero attached hydrogens (tertiary/aromatic N) is 1. The molecule has 2 N–H and O–H groups in total. The summed E-state index contributed by atoms with van der Waals surface area (Å²) < 4.78 is 0. The summed E-state index contributed by atoms with van der Waals surface area (Å²) in [6.45, 7) is 2.08. The van der Waals surface area contributed by atoms with Gasteiger partial charge in [0.2, 0.25) is 11.8 Å². The van der Waals surface area contributed by atoms with Crippen LogP contribution in [0.1, 0.15) is 24.8 Å². The second kappa shape index (κ2) is 7.42. The minimum Gasteiger partial charge on any atom is -0.353 e. The SMILES string of the molecule is O=C(CC1C(=O)NCCN1C/C=C/c1ccccc1)NC1CC1. The Labute approximate surface area is 136 Å². The zero-order valence-electron chi connectivity index (χ0n) is 13.2. The van der Waals surface area contributed by atoms with Crippen molar-refractivity contribution in [2.45, 2.75) is 31.3 Å². The van der Waals surface area contributed by atoms with E-state index in [0.717, 1.165) is 24.9 Å². The van der Waals surface area contributed by atoms with E-state index in [0.29, 0.717) is 19.1 Å². The fourth-order valence-corrected chi connectivity index (χ4v) is 2.78. The van der Waals surface area contributed by atoms with Gasteiger partial charge in [0.15, 0.2) is 0 Å². The molecule has 0 aromatic heterocycles. The van der Waals surface area contributed by atoms with Gasteiger partial charge in [-0.3, -0.25) is 14.5 Å². The molecule has 2 aliphatic rings. The van der Waals surface area contributed by atoms with E-state index in [1.54, 1.807) is 0 Å². The third-order valence-electron chi connectivity index (χ3n) is 4.21. The minimum atomic E-state index is -0.372. The molecule has 1 aromatic carbocycles. The van der Waals surface area contributed by atoms with Crippen molar-refractivity contribution in [2.24, 2.45) is 0 Å². The zero-order chi connectivity index (χ0) is 16.1. The maximum absolute atomic E-state index is 12.1. The highest BCUT2D eigenvalue weighted by molar-refractivity contribution is 5.89. The van der Waals surface area contributed by atoms with E-state index >= 15 is 0 Å². The Morgan fingerprint density at radius 2 is 2.09 bits per heavy atom. The van der Waals surface area contributed by atoms with Crippen LogP contribution in [0, 0.1) is 0 Å². The second-order valence-corrected chi connectivity index (χ2v) is 6.16. The number of hydrogen-bond donors (Lipinski definition) is 2. The Kier molecular flexibility index (Phi) is 5.08. The first-order valence-corrected chi connectivity index (χ1v) is 8.25. The summed E-state index contributed by atoms with van der Waals surface area (Å²) >= 11 is 0. The van der Waals surface area contributed by atoms with Gasteiger partial charge in [-0.05, 0) is 18.4 Å². The zero-order valence-corrected chi connectivity index (χ0v) is 13.2. The molecular weight excluding hydrogens is 290 g/mol. The average Bonchev–Trinajstić information content (AvgIpc) is 3.35. The van der Waals surface area contributed by atoms with Gasteiger partial charge in [-0.25, -0.2) is 0 Å². The van der Waals surface area contributed by atoms with Gasteiger partial charge in [0.25, 0.3) is 0 Å². The van der Waals surface area contributed by atoms with Crippen LogP contribution in [0.25, 0.3) is 6.08 Å². The van der Waals surface area contributed by atoms with Gasteiger partial charge >= 0.3 is 0 Å². The first kappa shape index (κ1) is 15.7. The predicted molar refractivity (Wildman–Crippen MR) is 89.6 cm³/mol. The molecule has 3 rings (SSSR count). The largest absolute Gasteiger partial charge is 0.353 e. The fourth-order valence-electron chi connectivity index (χ4n) is 2.78. The molecule has 1 heterocycles. The molecule has 23 heavy (non-hydrogen) atoms. The minimum absolute atomic E-state index is 0.0217. The first-order chi connectivity index (χ1) is 11.2. The molecule has 1 aromatic rings. The highest BCUT2D eigenvalue weighted by atomic mass is 16.2. The lowest BCUT2D eigenvalue weighted by atomic mass is 10.1. The summed E-state index contributed by atoms with van der Waals surface area (Å²) in [5, 5.41) is 5.82. The Hall–Kier alpha value is -2.14. The lowest BCUT2D eigenvalue weighted by Gasteiger charge is -2.33. The van der Waals surface area contributed by atoms with E-state index in [1.807, 2.05) is 36.4 Å². The molecular formula is C18H23N3O2. The van der Waals surface area contributed by atoms with Crippen molar-refractivity contribution < 1.29 is 9.59 Å². The number of nitrogens with one attached hydrogen (secondary N) is 2. The lowest BCUT2D eigenvalue weighted by molar-refractivity contribution is -0.133. The van der Waals surface area contributed by atoms with Crippen molar-refractivity contribution in [1.82, 2.24) is 15.5 Å². The number of hydrogen-bond acceptors (Lipinski definition) is 3. The van der Waals surface area contributed by atoms with Crippen LogP contribution in [-0.2, 0) is 9.59 Å². The van der Waals surface area contributed by atoms with Crippen LogP contribution in [0.3, 0.4) is 0 Å². The molecule has 1 aliphatic carbocycles. The van der Waals surface area contributed by atoms with Crippen LogP contribution >= 0.6 is 0 Å². The average molecular weight is 313 g/mol. The van der Waals surface area contributed by atoms with E-state index in [-0.39, 0.29) is 24.3 Å². The molecule has 0 bridgehead atoms. The van der Waals surface area contributed by atoms with Crippen molar-refractivity contribution in [3.63, 3.8) is 0 Å². The van der Waals surface area contributed by atoms with Gasteiger partial charge in [-0.2, -0.15) is 0 Å². The monoisotopic (exact) mass is 313 g/mol. The van der Waals surface area contributed by atoms with Gasteiger partial charge in [0.1, 0.15) is 0 Å². The van der Waals surface area contributed by atoms with Crippen LogP contribution in [0.4, 0.5) is 0 Å². The Morgan fingerprint density at radius 1 is 1.30 bits per heavy atom. The maximum Gasteiger partial charge on any atom is 0.237 e. The molecule has 1 saturated heterocycles. The molecule has 1 atom stereocenters. The summed E-state index contributed by atoms with van der Waals surface area (Å²) in [7, 11) is 0. The van der Waals surface area contributed by atoms with Crippen molar-refractivity contribution >= 4 is 17.9 Å². The number of amides is 2. The Morgan fingerprint density at radius 3 is 2.83 bits per heavy atom. The van der Waals surface area contributed by atoms with E-state index < -0.39 is 0 Å². The molecule has 122 valence electrons. The first-order valence-electron chi connectivity index (χ1n) is 8.25. The number of benzene rings is 1. The number of carbonyl (C=O) groups excluding carboxylic acids is 2. The predicted octanol–water partition coefficient (Wildman–Crippen LogP) is 1.17. The highest BCUT2D eigenvalue weighted by Crippen LogP contribution is 2.19. The quantitative estimate of drug-likeness (QED) is 0.829. The van der Waals surface area contributed by atoms with Gasteiger partial charge in [-0.15, -0.1) is 0 Å². The number of rotatable bonds is 6. The van der Waals surface area contributed by atoms with Crippen molar-refractivity contribution in [1.29, 1.82) is 0 Å². The summed E-state index contributed by atoms with van der Waals surface area (Å²) in [5.74, 6) is -0.0677. The van der Waals surface area contributed by atoms with E-state index in [4.69, 9.17) is 0 Å². The smallest absolute Gasteiger partial charge is 0.237 e. The topological polar surface area (TPSA) is 61.4 Å². The van der Waals surface area contributed by atoms with Crippen LogP contribution < -0.4 is 10.6 Å². The molecule has 1 aliphatic heterocycles. The molecule has 1 unspecified atom stereocenters. The lowest BCUT2D eigenvalue weighted by Crippen LogP contribution is -2.56. The fraction of sp³-hybridized carbons (Fsp3) is 0.444. The van der Waals surface area contributed by atoms with Gasteiger partial charge in [-0.1, -0.05) is 42.5 Å². The van der Waals surface area contributed by atoms with E-state index in [1.165, 1.54) is 0 Å². The Bertz CT molecular complexity index is 581. The van der Waals surface area contributed by atoms with Crippen LogP contribution in [0.5, 0.6) is 0 Å². The third kappa shape index (κ3) is 4.66. The summed E-state index contributed by atoms with van der Waals surface area (Å²) in [5.41, 5.74) is 1.14.